The molecular formula is C12H13F6N. The Kier molecular flexibility index (Phi) is 3.56. The number of halogens is 6. The summed E-state index contributed by atoms with van der Waals surface area (Å²) in [7, 11) is 0. The minimum atomic E-state index is -5.74. The van der Waals surface area contributed by atoms with Crippen molar-refractivity contribution < 1.29 is 26.3 Å². The van der Waals surface area contributed by atoms with Crippen LogP contribution in [-0.2, 0) is 5.67 Å². The van der Waals surface area contributed by atoms with Crippen molar-refractivity contribution in [2.24, 2.45) is 0 Å². The molecule has 0 amide bonds. The van der Waals surface area contributed by atoms with Gasteiger partial charge in [0.15, 0.2) is 0 Å². The quantitative estimate of drug-likeness (QED) is 0.637. The molecule has 0 spiro atoms. The Labute approximate surface area is 106 Å². The number of nitrogens with two attached hydrogens (primary N) is 1. The summed E-state index contributed by atoms with van der Waals surface area (Å²) in [5.74, 6) is -4.61. The Morgan fingerprint density at radius 2 is 1.26 bits per heavy atom. The second kappa shape index (κ2) is 4.31. The summed E-state index contributed by atoms with van der Waals surface area (Å²) in [5.41, 5.74) is 0.0107. The summed E-state index contributed by atoms with van der Waals surface area (Å²) in [6.07, 6.45) is -5.74. The number of nitrogen functional groups attached to an aromatic ring is 1. The average molecular weight is 285 g/mol. The first-order chi connectivity index (χ1) is 8.32. The van der Waals surface area contributed by atoms with Gasteiger partial charge in [0, 0.05) is 18.2 Å². The van der Waals surface area contributed by atoms with Crippen molar-refractivity contribution in [2.75, 3.05) is 5.73 Å². The van der Waals surface area contributed by atoms with Gasteiger partial charge < -0.3 is 5.73 Å². The fourth-order valence-corrected chi connectivity index (χ4v) is 1.84. The molecule has 1 nitrogen and oxygen atoms in total. The molecule has 0 fully saturated rings. The van der Waals surface area contributed by atoms with Gasteiger partial charge >= 0.3 is 6.18 Å². The topological polar surface area (TPSA) is 26.0 Å². The molecule has 0 heterocycles. The average Bonchev–Trinajstić information content (AvgIpc) is 2.20. The molecule has 1 rings (SSSR count). The van der Waals surface area contributed by atoms with Crippen LogP contribution in [0.15, 0.2) is 12.1 Å². The SMILES string of the molecule is Cc1cc(C(F)(C(C)(F)F)C(F)(F)F)cc(C)c1N. The van der Waals surface area contributed by atoms with Crippen LogP contribution in [0.2, 0.25) is 0 Å². The summed E-state index contributed by atoms with van der Waals surface area (Å²) < 4.78 is 78.8. The highest BCUT2D eigenvalue weighted by atomic mass is 19.4. The zero-order chi connectivity index (χ0) is 15.2. The third kappa shape index (κ3) is 2.37. The van der Waals surface area contributed by atoms with Crippen molar-refractivity contribution in [2.45, 2.75) is 38.5 Å². The van der Waals surface area contributed by atoms with E-state index in [1.54, 1.807) is 0 Å². The van der Waals surface area contributed by atoms with E-state index in [2.05, 4.69) is 0 Å². The van der Waals surface area contributed by atoms with Gasteiger partial charge in [0.25, 0.3) is 11.6 Å². The molecule has 2 N–H and O–H groups in total. The predicted molar refractivity (Wildman–Crippen MR) is 59.8 cm³/mol. The number of hydrogen-bond donors (Lipinski definition) is 1. The zero-order valence-corrected chi connectivity index (χ0v) is 10.5. The molecule has 0 saturated carbocycles. The molecule has 19 heavy (non-hydrogen) atoms. The van der Waals surface area contributed by atoms with Gasteiger partial charge in [-0.25, -0.2) is 13.2 Å². The summed E-state index contributed by atoms with van der Waals surface area (Å²) in [6.45, 7) is 2.56. The van der Waals surface area contributed by atoms with Crippen LogP contribution in [0.4, 0.5) is 32.0 Å². The van der Waals surface area contributed by atoms with Crippen LogP contribution in [-0.4, -0.2) is 12.1 Å². The highest BCUT2D eigenvalue weighted by Gasteiger charge is 2.69. The fraction of sp³-hybridized carbons (Fsp3) is 0.500. The third-order valence-corrected chi connectivity index (χ3v) is 2.99. The van der Waals surface area contributed by atoms with Gasteiger partial charge in [-0.3, -0.25) is 0 Å². The highest BCUT2D eigenvalue weighted by molar-refractivity contribution is 5.55. The Balaban J connectivity index is 3.62. The minimum absolute atomic E-state index is 0.0957. The fourth-order valence-electron chi connectivity index (χ4n) is 1.84. The molecule has 0 radical (unpaired) electrons. The minimum Gasteiger partial charge on any atom is -0.398 e. The van der Waals surface area contributed by atoms with Crippen molar-refractivity contribution in [3.63, 3.8) is 0 Å². The van der Waals surface area contributed by atoms with E-state index in [4.69, 9.17) is 5.73 Å². The Bertz CT molecular complexity index is 449. The van der Waals surface area contributed by atoms with E-state index in [-0.39, 0.29) is 23.7 Å². The Morgan fingerprint density at radius 1 is 0.895 bits per heavy atom. The van der Waals surface area contributed by atoms with E-state index >= 15 is 0 Å². The third-order valence-electron chi connectivity index (χ3n) is 2.99. The lowest BCUT2D eigenvalue weighted by Crippen LogP contribution is -2.51. The first kappa shape index (κ1) is 15.7. The molecule has 7 heteroatoms. The van der Waals surface area contributed by atoms with Crippen LogP contribution >= 0.6 is 0 Å². The molecule has 0 aliphatic heterocycles. The van der Waals surface area contributed by atoms with E-state index in [0.29, 0.717) is 12.1 Å². The maximum absolute atomic E-state index is 14.1. The first-order valence-electron chi connectivity index (χ1n) is 5.33. The van der Waals surface area contributed by atoms with E-state index in [1.807, 2.05) is 0 Å². The standard InChI is InChI=1S/C12H13F6N/c1-6-4-8(5-7(2)9(6)19)11(15,10(3,13)14)12(16,17)18/h4-5H,19H2,1-3H3. The Morgan fingerprint density at radius 3 is 1.53 bits per heavy atom. The maximum Gasteiger partial charge on any atom is 0.432 e. The van der Waals surface area contributed by atoms with Gasteiger partial charge in [0.1, 0.15) is 0 Å². The van der Waals surface area contributed by atoms with Crippen LogP contribution < -0.4 is 5.73 Å². The van der Waals surface area contributed by atoms with Crippen molar-refractivity contribution in [1.82, 2.24) is 0 Å². The lowest BCUT2D eigenvalue weighted by molar-refractivity contribution is -0.304. The number of rotatable bonds is 2. The maximum atomic E-state index is 14.1. The normalized spacial score (nSPS) is 16.3. The molecule has 0 aromatic heterocycles. The summed E-state index contributed by atoms with van der Waals surface area (Å²) in [6, 6.07) is 1.40. The van der Waals surface area contributed by atoms with Crippen LogP contribution in [0.1, 0.15) is 23.6 Å². The van der Waals surface area contributed by atoms with Gasteiger partial charge in [0.05, 0.1) is 0 Å². The molecule has 1 atom stereocenters. The number of hydrogen-bond acceptors (Lipinski definition) is 1. The van der Waals surface area contributed by atoms with Crippen LogP contribution in [0, 0.1) is 13.8 Å². The molecular weight excluding hydrogens is 272 g/mol. The van der Waals surface area contributed by atoms with Crippen LogP contribution in [0.5, 0.6) is 0 Å². The van der Waals surface area contributed by atoms with E-state index in [0.717, 1.165) is 0 Å². The molecule has 0 aliphatic rings. The molecule has 0 bridgehead atoms. The van der Waals surface area contributed by atoms with Crippen molar-refractivity contribution in [3.05, 3.63) is 28.8 Å². The summed E-state index contributed by atoms with van der Waals surface area (Å²) in [4.78, 5) is 0. The van der Waals surface area contributed by atoms with Crippen molar-refractivity contribution in [1.29, 1.82) is 0 Å². The number of aryl methyl sites for hydroxylation is 2. The summed E-state index contributed by atoms with van der Waals surface area (Å²) >= 11 is 0. The zero-order valence-electron chi connectivity index (χ0n) is 10.5. The highest BCUT2D eigenvalue weighted by Crippen LogP contribution is 2.52. The second-order valence-electron chi connectivity index (χ2n) is 4.57. The van der Waals surface area contributed by atoms with Crippen molar-refractivity contribution in [3.8, 4) is 0 Å². The van der Waals surface area contributed by atoms with Gasteiger partial charge in [-0.15, -0.1) is 0 Å². The van der Waals surface area contributed by atoms with Crippen LogP contribution in [0.3, 0.4) is 0 Å². The van der Waals surface area contributed by atoms with Gasteiger partial charge in [0.2, 0.25) is 0 Å². The lowest BCUT2D eigenvalue weighted by atomic mass is 9.86. The monoisotopic (exact) mass is 285 g/mol. The van der Waals surface area contributed by atoms with E-state index < -0.39 is 23.3 Å². The van der Waals surface area contributed by atoms with Gasteiger partial charge in [-0.05, 0) is 25.0 Å². The van der Waals surface area contributed by atoms with Gasteiger partial charge in [-0.1, -0.05) is 12.1 Å². The van der Waals surface area contributed by atoms with Gasteiger partial charge in [-0.2, -0.15) is 13.2 Å². The van der Waals surface area contributed by atoms with E-state index in [9.17, 15) is 26.3 Å². The first-order valence-corrected chi connectivity index (χ1v) is 5.33. The molecule has 0 aliphatic carbocycles. The van der Waals surface area contributed by atoms with Crippen molar-refractivity contribution >= 4 is 5.69 Å². The molecule has 1 unspecified atom stereocenters. The largest absolute Gasteiger partial charge is 0.432 e. The molecule has 0 saturated heterocycles. The molecule has 108 valence electrons. The molecule has 1 aromatic carbocycles. The predicted octanol–water partition coefficient (Wildman–Crippen LogP) is 4.27. The summed E-state index contributed by atoms with van der Waals surface area (Å²) in [5, 5.41) is 0. The smallest absolute Gasteiger partial charge is 0.398 e. The molecule has 1 aromatic rings. The number of anilines is 1. The number of benzene rings is 1. The second-order valence-corrected chi connectivity index (χ2v) is 4.57. The Hall–Kier alpha value is -1.40. The lowest BCUT2D eigenvalue weighted by Gasteiger charge is -2.33. The number of alkyl halides is 6. The van der Waals surface area contributed by atoms with E-state index in [1.165, 1.54) is 13.8 Å². The van der Waals surface area contributed by atoms with Crippen LogP contribution in [0.25, 0.3) is 0 Å².